The van der Waals surface area contributed by atoms with E-state index in [1.165, 1.54) is 44.2 Å². The maximum atomic E-state index is 10.6. The number of benzene rings is 1. The Morgan fingerprint density at radius 2 is 1.83 bits per heavy atom. The van der Waals surface area contributed by atoms with Gasteiger partial charge in [0.15, 0.2) is 0 Å². The second-order valence-electron chi connectivity index (χ2n) is 5.22. The van der Waals surface area contributed by atoms with Gasteiger partial charge in [0.05, 0.1) is 12.5 Å². The standard InChI is InChI=1S/C15H21NO2/c17-15(18)14-8-6-13(7-9-14)11-16-10-12-4-2-1-3-5-12/h6-9,12,16H,1-5,10-11H2,(H,17,18). The Hall–Kier alpha value is -1.35. The van der Waals surface area contributed by atoms with E-state index in [4.69, 9.17) is 0 Å². The van der Waals surface area contributed by atoms with Gasteiger partial charge in [-0.3, -0.25) is 0 Å². The molecule has 0 atom stereocenters. The highest BCUT2D eigenvalue weighted by Crippen LogP contribution is 2.21. The number of carbonyl (C=O) groups excluding carboxylic acids is 1. The average Bonchev–Trinajstić information content (AvgIpc) is 2.40. The summed E-state index contributed by atoms with van der Waals surface area (Å²) >= 11 is 0. The van der Waals surface area contributed by atoms with E-state index in [9.17, 15) is 9.90 Å². The van der Waals surface area contributed by atoms with Gasteiger partial charge in [0, 0.05) is 11.5 Å². The fourth-order valence-corrected chi connectivity index (χ4v) is 2.69. The van der Waals surface area contributed by atoms with Gasteiger partial charge in [-0.15, -0.1) is 0 Å². The zero-order valence-corrected chi connectivity index (χ0v) is 10.7. The highest BCUT2D eigenvalue weighted by atomic mass is 16.4. The molecule has 0 saturated heterocycles. The smallest absolute Gasteiger partial charge is 0.101 e. The van der Waals surface area contributed by atoms with Crippen LogP contribution in [0.1, 0.15) is 48.0 Å². The molecule has 1 aliphatic rings. The van der Waals surface area contributed by atoms with Gasteiger partial charge in [0.25, 0.3) is 0 Å². The van der Waals surface area contributed by atoms with Crippen LogP contribution in [0.15, 0.2) is 24.3 Å². The van der Waals surface area contributed by atoms with Crippen molar-refractivity contribution >= 4 is 5.97 Å². The molecule has 0 radical (unpaired) electrons. The summed E-state index contributed by atoms with van der Waals surface area (Å²) in [6.07, 6.45) is 6.93. The van der Waals surface area contributed by atoms with Crippen LogP contribution in [0.4, 0.5) is 0 Å². The monoisotopic (exact) mass is 247 g/mol. The molecular formula is C15H21NO2. The van der Waals surface area contributed by atoms with Gasteiger partial charge in [0.2, 0.25) is 0 Å². The summed E-state index contributed by atoms with van der Waals surface area (Å²) in [6, 6.07) is 7.00. The summed E-state index contributed by atoms with van der Waals surface area (Å²) in [7, 11) is 0. The largest absolute Gasteiger partial charge is 0.545 e. The molecule has 0 aliphatic heterocycles. The molecule has 2 rings (SSSR count). The van der Waals surface area contributed by atoms with E-state index >= 15 is 0 Å². The molecule has 0 spiro atoms. The number of hydrogen-bond donors (Lipinski definition) is 1. The van der Waals surface area contributed by atoms with Crippen molar-refractivity contribution in [3.63, 3.8) is 0 Å². The fourth-order valence-electron chi connectivity index (χ4n) is 2.69. The minimum atomic E-state index is -1.10. The van der Waals surface area contributed by atoms with Gasteiger partial charge in [-0.25, -0.2) is 0 Å². The minimum Gasteiger partial charge on any atom is -0.545 e. The molecule has 98 valence electrons. The van der Waals surface area contributed by atoms with Crippen LogP contribution >= 0.6 is 0 Å². The molecule has 18 heavy (non-hydrogen) atoms. The number of rotatable bonds is 5. The van der Waals surface area contributed by atoms with E-state index in [0.29, 0.717) is 0 Å². The van der Waals surface area contributed by atoms with E-state index in [2.05, 4.69) is 5.32 Å². The zero-order chi connectivity index (χ0) is 12.8. The van der Waals surface area contributed by atoms with E-state index in [1.807, 2.05) is 12.1 Å². The van der Waals surface area contributed by atoms with Gasteiger partial charge < -0.3 is 15.2 Å². The molecule has 1 saturated carbocycles. The van der Waals surface area contributed by atoms with Gasteiger partial charge in [-0.05, 0) is 18.4 Å². The molecule has 3 nitrogen and oxygen atoms in total. The Morgan fingerprint density at radius 3 is 2.44 bits per heavy atom. The van der Waals surface area contributed by atoms with Crippen LogP contribution in [0.3, 0.4) is 0 Å². The summed E-state index contributed by atoms with van der Waals surface area (Å²) in [6.45, 7) is 2.13. The van der Waals surface area contributed by atoms with Crippen LogP contribution in [0, 0.1) is 5.92 Å². The summed E-state index contributed by atoms with van der Waals surface area (Å²) < 4.78 is 0. The van der Waals surface area contributed by atoms with Crippen LogP contribution in [0.25, 0.3) is 0 Å². The van der Waals surface area contributed by atoms with Crippen molar-refractivity contribution < 1.29 is 15.2 Å². The van der Waals surface area contributed by atoms with Crippen LogP contribution in [-0.2, 0) is 6.54 Å². The molecule has 0 amide bonds. The molecular weight excluding hydrogens is 226 g/mol. The van der Waals surface area contributed by atoms with Crippen molar-refractivity contribution in [1.29, 1.82) is 0 Å². The lowest BCUT2D eigenvalue weighted by atomic mass is 9.89. The van der Waals surface area contributed by atoms with Crippen molar-refractivity contribution in [2.75, 3.05) is 6.54 Å². The summed E-state index contributed by atoms with van der Waals surface area (Å²) in [4.78, 5) is 10.6. The Kier molecular flexibility index (Phi) is 4.76. The van der Waals surface area contributed by atoms with Crippen LogP contribution in [-0.4, -0.2) is 12.5 Å². The molecule has 0 bridgehead atoms. The highest BCUT2D eigenvalue weighted by molar-refractivity contribution is 5.85. The highest BCUT2D eigenvalue weighted by Gasteiger charge is 2.14. The molecule has 1 fully saturated rings. The maximum Gasteiger partial charge on any atom is 0.101 e. The third-order valence-corrected chi connectivity index (χ3v) is 3.79. The topological polar surface area (TPSA) is 56.7 Å². The lowest BCUT2D eigenvalue weighted by Crippen LogP contribution is -2.84. The van der Waals surface area contributed by atoms with Crippen molar-refractivity contribution in [1.82, 2.24) is 0 Å². The number of carboxylic acids is 1. The second-order valence-corrected chi connectivity index (χ2v) is 5.22. The normalized spacial score (nSPS) is 16.7. The first kappa shape index (κ1) is 13.1. The molecule has 3 heteroatoms. The number of carbonyl (C=O) groups is 1. The number of quaternary nitrogens is 1. The fraction of sp³-hybridized carbons (Fsp3) is 0.533. The summed E-state index contributed by atoms with van der Waals surface area (Å²) in [5.74, 6) is -0.228. The lowest BCUT2D eigenvalue weighted by Gasteiger charge is -2.19. The van der Waals surface area contributed by atoms with Gasteiger partial charge in [-0.2, -0.15) is 0 Å². The summed E-state index contributed by atoms with van der Waals surface area (Å²) in [5, 5.41) is 13.0. The summed E-state index contributed by atoms with van der Waals surface area (Å²) in [5.41, 5.74) is 1.43. The SMILES string of the molecule is O=C([O-])c1ccc(C[NH2+]CC2CCCCC2)cc1. The number of carboxylic acid groups (broad SMARTS) is 1. The van der Waals surface area contributed by atoms with Crippen molar-refractivity contribution in [3.8, 4) is 0 Å². The zero-order valence-electron chi connectivity index (χ0n) is 10.7. The molecule has 1 aromatic carbocycles. The quantitative estimate of drug-likeness (QED) is 0.832. The molecule has 0 unspecified atom stereocenters. The third-order valence-electron chi connectivity index (χ3n) is 3.79. The number of aromatic carboxylic acids is 1. The van der Waals surface area contributed by atoms with E-state index in [0.717, 1.165) is 12.5 Å². The van der Waals surface area contributed by atoms with Crippen molar-refractivity contribution in [3.05, 3.63) is 35.4 Å². The lowest BCUT2D eigenvalue weighted by molar-refractivity contribution is -0.676. The van der Waals surface area contributed by atoms with Crippen LogP contribution in [0.2, 0.25) is 0 Å². The third kappa shape index (κ3) is 3.84. The predicted octanol–water partition coefficient (Wildman–Crippen LogP) is 0.694. The van der Waals surface area contributed by atoms with Crippen molar-refractivity contribution in [2.45, 2.75) is 38.6 Å². The number of nitrogens with two attached hydrogens (primary N) is 1. The Morgan fingerprint density at radius 1 is 1.17 bits per heavy atom. The minimum absolute atomic E-state index is 0.256. The first-order valence-corrected chi connectivity index (χ1v) is 6.87. The molecule has 1 aliphatic carbocycles. The molecule has 0 aromatic heterocycles. The van der Waals surface area contributed by atoms with E-state index in [-0.39, 0.29) is 5.56 Å². The first-order chi connectivity index (χ1) is 8.75. The predicted molar refractivity (Wildman–Crippen MR) is 67.8 cm³/mol. The number of hydrogen-bond acceptors (Lipinski definition) is 2. The Bertz CT molecular complexity index is 380. The van der Waals surface area contributed by atoms with E-state index < -0.39 is 5.97 Å². The van der Waals surface area contributed by atoms with Gasteiger partial charge >= 0.3 is 0 Å². The van der Waals surface area contributed by atoms with Crippen molar-refractivity contribution in [2.24, 2.45) is 5.92 Å². The van der Waals surface area contributed by atoms with Crippen LogP contribution in [0.5, 0.6) is 0 Å². The Labute approximate surface area is 108 Å². The average molecular weight is 247 g/mol. The molecule has 1 aromatic rings. The first-order valence-electron chi connectivity index (χ1n) is 6.87. The molecule has 2 N–H and O–H groups in total. The second kappa shape index (κ2) is 6.55. The maximum absolute atomic E-state index is 10.6. The van der Waals surface area contributed by atoms with Gasteiger partial charge in [-0.1, -0.05) is 43.5 Å². The van der Waals surface area contributed by atoms with Gasteiger partial charge in [0.1, 0.15) is 6.54 Å². The molecule has 0 heterocycles. The van der Waals surface area contributed by atoms with E-state index in [1.54, 1.807) is 12.1 Å². The Balaban J connectivity index is 1.74. The van der Waals surface area contributed by atoms with Crippen LogP contribution < -0.4 is 10.4 Å².